The van der Waals surface area contributed by atoms with Crippen molar-refractivity contribution >= 4 is 44.0 Å². The lowest BCUT2D eigenvalue weighted by Crippen LogP contribution is -2.17. The summed E-state index contributed by atoms with van der Waals surface area (Å²) in [4.78, 5) is 15.7. The van der Waals surface area contributed by atoms with Gasteiger partial charge in [0.25, 0.3) is 5.91 Å². The van der Waals surface area contributed by atoms with Crippen LogP contribution >= 0.6 is 31.9 Å². The minimum atomic E-state index is -0.306. The van der Waals surface area contributed by atoms with Gasteiger partial charge >= 0.3 is 0 Å². The molecule has 1 N–H and O–H groups in total. The molecule has 0 radical (unpaired) electrons. The minimum Gasteiger partial charge on any atom is -0.267 e. The predicted octanol–water partition coefficient (Wildman–Crippen LogP) is 3.37. The fraction of sp³-hybridized carbons (Fsp3) is 0. The van der Waals surface area contributed by atoms with Crippen molar-refractivity contribution in [1.29, 1.82) is 0 Å². The van der Waals surface area contributed by atoms with Gasteiger partial charge in [-0.2, -0.15) is 5.10 Å². The number of halogens is 2. The summed E-state index contributed by atoms with van der Waals surface area (Å²) in [5.41, 5.74) is 3.78. The van der Waals surface area contributed by atoms with Crippen molar-refractivity contribution in [2.45, 2.75) is 0 Å². The number of carbonyl (C=O) groups excluding carboxylic acids is 1. The molecule has 4 nitrogen and oxygen atoms in total. The Morgan fingerprint density at radius 1 is 1.21 bits per heavy atom. The van der Waals surface area contributed by atoms with Crippen molar-refractivity contribution in [2.75, 3.05) is 0 Å². The highest BCUT2D eigenvalue weighted by Gasteiger charge is 2.04. The Balaban J connectivity index is 2.01. The first kappa shape index (κ1) is 13.9. The summed E-state index contributed by atoms with van der Waals surface area (Å²) in [6.45, 7) is 0. The van der Waals surface area contributed by atoms with Crippen LogP contribution in [0.25, 0.3) is 0 Å². The summed E-state index contributed by atoms with van der Waals surface area (Å²) in [7, 11) is 0. The maximum absolute atomic E-state index is 11.8. The third kappa shape index (κ3) is 4.25. The van der Waals surface area contributed by atoms with Gasteiger partial charge in [-0.15, -0.1) is 0 Å². The van der Waals surface area contributed by atoms with Gasteiger partial charge in [0.05, 0.1) is 11.8 Å². The molecule has 0 fully saturated rings. The Labute approximate surface area is 127 Å². The number of pyridine rings is 1. The molecule has 96 valence electrons. The van der Waals surface area contributed by atoms with Crippen LogP contribution in [0, 0.1) is 0 Å². The first-order chi connectivity index (χ1) is 9.15. The molecule has 1 heterocycles. The highest BCUT2D eigenvalue weighted by Crippen LogP contribution is 2.10. The van der Waals surface area contributed by atoms with E-state index in [-0.39, 0.29) is 5.91 Å². The van der Waals surface area contributed by atoms with Crippen LogP contribution in [0.4, 0.5) is 0 Å². The molecule has 2 aromatic rings. The molecule has 0 saturated carbocycles. The van der Waals surface area contributed by atoms with E-state index in [1.54, 1.807) is 18.5 Å². The van der Waals surface area contributed by atoms with Gasteiger partial charge in [0.1, 0.15) is 0 Å². The fourth-order valence-corrected chi connectivity index (χ4v) is 2.13. The van der Waals surface area contributed by atoms with Crippen molar-refractivity contribution in [3.63, 3.8) is 0 Å². The molecule has 0 aliphatic heterocycles. The molecule has 19 heavy (non-hydrogen) atoms. The SMILES string of the molecule is O=C(N/N=C/c1cccc(Br)c1)c1cncc(Br)c1. The van der Waals surface area contributed by atoms with Crippen LogP contribution in [-0.2, 0) is 0 Å². The Morgan fingerprint density at radius 3 is 2.79 bits per heavy atom. The Hall–Kier alpha value is -1.53. The minimum absolute atomic E-state index is 0.306. The van der Waals surface area contributed by atoms with Crippen LogP contribution in [0.15, 0.2) is 56.8 Å². The first-order valence-corrected chi connectivity index (χ1v) is 6.93. The smallest absolute Gasteiger partial charge is 0.267 e. The van der Waals surface area contributed by atoms with Gasteiger partial charge < -0.3 is 0 Å². The van der Waals surface area contributed by atoms with Gasteiger partial charge in [-0.05, 0) is 39.7 Å². The second kappa shape index (κ2) is 6.58. The third-order valence-corrected chi connectivity index (χ3v) is 3.12. The molecule has 1 aromatic heterocycles. The number of rotatable bonds is 3. The summed E-state index contributed by atoms with van der Waals surface area (Å²) in [6, 6.07) is 9.28. The molecular weight excluding hydrogens is 374 g/mol. The van der Waals surface area contributed by atoms with Gasteiger partial charge in [-0.25, -0.2) is 5.43 Å². The second-order valence-corrected chi connectivity index (χ2v) is 5.48. The molecular formula is C13H9Br2N3O. The molecule has 0 unspecified atom stereocenters. The number of hydrogen-bond donors (Lipinski definition) is 1. The van der Waals surface area contributed by atoms with Crippen molar-refractivity contribution < 1.29 is 4.79 Å². The number of nitrogens with one attached hydrogen (secondary N) is 1. The van der Waals surface area contributed by atoms with Crippen LogP contribution in [0.1, 0.15) is 15.9 Å². The van der Waals surface area contributed by atoms with Crippen LogP contribution < -0.4 is 5.43 Å². The molecule has 0 bridgehead atoms. The molecule has 6 heteroatoms. The number of aromatic nitrogens is 1. The van der Waals surface area contributed by atoms with E-state index in [1.807, 2.05) is 24.3 Å². The van der Waals surface area contributed by atoms with Crippen LogP contribution in [0.5, 0.6) is 0 Å². The second-order valence-electron chi connectivity index (χ2n) is 3.65. The van der Waals surface area contributed by atoms with Gasteiger partial charge in [0.15, 0.2) is 0 Å². The number of benzene rings is 1. The number of hydrazone groups is 1. The van der Waals surface area contributed by atoms with Gasteiger partial charge in [-0.3, -0.25) is 9.78 Å². The molecule has 0 aliphatic rings. The fourth-order valence-electron chi connectivity index (χ4n) is 1.35. The molecule has 0 atom stereocenters. The van der Waals surface area contributed by atoms with E-state index in [2.05, 4.69) is 47.4 Å². The van der Waals surface area contributed by atoms with Crippen molar-refractivity contribution in [2.24, 2.45) is 5.10 Å². The largest absolute Gasteiger partial charge is 0.272 e. The first-order valence-electron chi connectivity index (χ1n) is 5.35. The van der Waals surface area contributed by atoms with E-state index >= 15 is 0 Å². The Morgan fingerprint density at radius 2 is 2.05 bits per heavy atom. The monoisotopic (exact) mass is 381 g/mol. The summed E-state index contributed by atoms with van der Waals surface area (Å²) >= 11 is 6.62. The highest BCUT2D eigenvalue weighted by atomic mass is 79.9. The lowest BCUT2D eigenvalue weighted by atomic mass is 10.2. The number of carbonyl (C=O) groups is 1. The van der Waals surface area contributed by atoms with E-state index in [1.165, 1.54) is 6.20 Å². The molecule has 1 aromatic carbocycles. The van der Waals surface area contributed by atoms with E-state index in [4.69, 9.17) is 0 Å². The van der Waals surface area contributed by atoms with Crippen LogP contribution in [-0.4, -0.2) is 17.1 Å². The van der Waals surface area contributed by atoms with Crippen LogP contribution in [0.2, 0.25) is 0 Å². The Kier molecular flexibility index (Phi) is 4.81. The molecule has 0 aliphatic carbocycles. The van der Waals surface area contributed by atoms with Crippen molar-refractivity contribution in [3.8, 4) is 0 Å². The number of hydrogen-bond acceptors (Lipinski definition) is 3. The van der Waals surface area contributed by atoms with E-state index < -0.39 is 0 Å². The van der Waals surface area contributed by atoms with E-state index in [0.717, 1.165) is 14.5 Å². The average Bonchev–Trinajstić information content (AvgIpc) is 2.38. The zero-order chi connectivity index (χ0) is 13.7. The molecule has 0 spiro atoms. The van der Waals surface area contributed by atoms with Crippen molar-refractivity contribution in [3.05, 3.63) is 62.8 Å². The predicted molar refractivity (Wildman–Crippen MR) is 81.1 cm³/mol. The number of nitrogens with zero attached hydrogens (tertiary/aromatic N) is 2. The Bertz CT molecular complexity index is 629. The van der Waals surface area contributed by atoms with Crippen LogP contribution in [0.3, 0.4) is 0 Å². The standard InChI is InChI=1S/C13H9Br2N3O/c14-11-3-1-2-9(4-11)6-17-18-13(19)10-5-12(15)8-16-7-10/h1-8H,(H,18,19)/b17-6+. The molecule has 0 saturated heterocycles. The van der Waals surface area contributed by atoms with Crippen molar-refractivity contribution in [1.82, 2.24) is 10.4 Å². The maximum atomic E-state index is 11.8. The number of amides is 1. The molecule has 1 amide bonds. The topological polar surface area (TPSA) is 54.4 Å². The van der Waals surface area contributed by atoms with Gasteiger partial charge in [0, 0.05) is 21.3 Å². The van der Waals surface area contributed by atoms with E-state index in [9.17, 15) is 4.79 Å². The summed E-state index contributed by atoms with van der Waals surface area (Å²) in [5.74, 6) is -0.306. The maximum Gasteiger partial charge on any atom is 0.272 e. The normalized spacial score (nSPS) is 10.6. The zero-order valence-corrected chi connectivity index (χ0v) is 12.8. The molecule has 2 rings (SSSR count). The summed E-state index contributed by atoms with van der Waals surface area (Å²) in [6.07, 6.45) is 4.67. The summed E-state index contributed by atoms with van der Waals surface area (Å²) < 4.78 is 1.70. The third-order valence-electron chi connectivity index (χ3n) is 2.20. The lowest BCUT2D eigenvalue weighted by Gasteiger charge is -1.99. The quantitative estimate of drug-likeness (QED) is 0.653. The summed E-state index contributed by atoms with van der Waals surface area (Å²) in [5, 5.41) is 3.90. The van der Waals surface area contributed by atoms with Gasteiger partial charge in [0.2, 0.25) is 0 Å². The van der Waals surface area contributed by atoms with Gasteiger partial charge in [-0.1, -0.05) is 28.1 Å². The highest BCUT2D eigenvalue weighted by molar-refractivity contribution is 9.10. The zero-order valence-electron chi connectivity index (χ0n) is 9.68. The lowest BCUT2D eigenvalue weighted by molar-refractivity contribution is 0.0954. The average molecular weight is 383 g/mol. The van der Waals surface area contributed by atoms with E-state index in [0.29, 0.717) is 5.56 Å².